The van der Waals surface area contributed by atoms with Gasteiger partial charge in [0.15, 0.2) is 0 Å². The minimum absolute atomic E-state index is 0.0122. The van der Waals surface area contributed by atoms with Gasteiger partial charge in [-0.1, -0.05) is 30.3 Å². The first-order valence-electron chi connectivity index (χ1n) is 8.42. The van der Waals surface area contributed by atoms with Crippen molar-refractivity contribution in [3.63, 3.8) is 0 Å². The van der Waals surface area contributed by atoms with Crippen molar-refractivity contribution in [1.82, 2.24) is 5.32 Å². The average molecular weight is 324 g/mol. The Labute approximate surface area is 143 Å². The Morgan fingerprint density at radius 3 is 2.67 bits per heavy atom. The Kier molecular flexibility index (Phi) is 4.86. The molecule has 0 saturated carbocycles. The molecule has 2 unspecified atom stereocenters. The van der Waals surface area contributed by atoms with E-state index in [0.717, 1.165) is 17.7 Å². The topological polar surface area (TPSA) is 64.4 Å². The molecule has 4 heteroatoms. The number of hydrogen-bond acceptors (Lipinski definition) is 3. The molecule has 4 nitrogen and oxygen atoms in total. The number of nitrogens with one attached hydrogen (secondary N) is 1. The number of benzene rings is 2. The summed E-state index contributed by atoms with van der Waals surface area (Å²) in [5.74, 6) is 0.988. The van der Waals surface area contributed by atoms with Crippen molar-refractivity contribution in [2.45, 2.75) is 45.4 Å². The van der Waals surface area contributed by atoms with Gasteiger partial charge in [-0.15, -0.1) is 0 Å². The predicted octanol–water partition coefficient (Wildman–Crippen LogP) is 3.03. The molecule has 1 aliphatic rings. The van der Waals surface area contributed by atoms with Gasteiger partial charge >= 0.3 is 0 Å². The lowest BCUT2D eigenvalue weighted by molar-refractivity contribution is -0.121. The van der Waals surface area contributed by atoms with Gasteiger partial charge in [-0.25, -0.2) is 0 Å². The molecule has 0 aliphatic carbocycles. The quantitative estimate of drug-likeness (QED) is 0.888. The fraction of sp³-hybridized carbons (Fsp3) is 0.350. The number of nitrogens with two attached hydrogens (primary N) is 1. The highest BCUT2D eigenvalue weighted by Crippen LogP contribution is 2.32. The lowest BCUT2D eigenvalue weighted by Crippen LogP contribution is -2.29. The third-order valence-electron chi connectivity index (χ3n) is 4.18. The number of rotatable bonds is 5. The molecule has 1 amide bonds. The van der Waals surface area contributed by atoms with E-state index in [4.69, 9.17) is 10.5 Å². The van der Waals surface area contributed by atoms with Gasteiger partial charge in [-0.05, 0) is 48.2 Å². The van der Waals surface area contributed by atoms with Crippen LogP contribution in [0.15, 0.2) is 42.5 Å². The van der Waals surface area contributed by atoms with Gasteiger partial charge in [0.2, 0.25) is 5.91 Å². The van der Waals surface area contributed by atoms with E-state index >= 15 is 0 Å². The molecule has 1 aliphatic heterocycles. The molecule has 1 heterocycles. The Bertz CT molecular complexity index is 723. The van der Waals surface area contributed by atoms with Gasteiger partial charge in [-0.3, -0.25) is 4.79 Å². The zero-order valence-electron chi connectivity index (χ0n) is 14.2. The number of fused-ring (bicyclic) bond motifs is 1. The molecule has 0 fully saturated rings. The minimum Gasteiger partial charge on any atom is -0.490 e. The van der Waals surface area contributed by atoms with Crippen molar-refractivity contribution in [3.05, 3.63) is 53.6 Å². The molecule has 0 bridgehead atoms. The van der Waals surface area contributed by atoms with Crippen molar-refractivity contribution in [3.8, 4) is 16.9 Å². The van der Waals surface area contributed by atoms with E-state index < -0.39 is 0 Å². The molecule has 3 N–H and O–H groups in total. The molecule has 0 aromatic heterocycles. The summed E-state index contributed by atoms with van der Waals surface area (Å²) in [5.41, 5.74) is 10.3. The molecule has 126 valence electrons. The summed E-state index contributed by atoms with van der Waals surface area (Å²) < 4.78 is 5.75. The third-order valence-corrected chi connectivity index (χ3v) is 4.18. The average Bonchev–Trinajstić information content (AvgIpc) is 2.92. The van der Waals surface area contributed by atoms with Crippen LogP contribution in [-0.4, -0.2) is 18.1 Å². The number of hydrogen-bond donors (Lipinski definition) is 2. The van der Waals surface area contributed by atoms with Crippen LogP contribution in [0.1, 0.15) is 31.4 Å². The van der Waals surface area contributed by atoms with Crippen molar-refractivity contribution in [1.29, 1.82) is 0 Å². The molecule has 0 saturated heterocycles. The maximum absolute atomic E-state index is 11.6. The lowest BCUT2D eigenvalue weighted by atomic mass is 10.00. The molecular formula is C20H24N2O2. The van der Waals surface area contributed by atoms with Crippen molar-refractivity contribution < 1.29 is 9.53 Å². The Balaban J connectivity index is 1.65. The van der Waals surface area contributed by atoms with E-state index in [1.807, 2.05) is 19.1 Å². The number of carbonyl (C=O) groups excluding carboxylic acids is 1. The van der Waals surface area contributed by atoms with E-state index in [1.54, 1.807) is 0 Å². The Hall–Kier alpha value is -2.33. The standard InChI is InChI=1S/C20H24N2O2/c1-13(21)9-20(23)22-12-15-3-5-16(6-4-15)17-7-8-19-18(11-17)10-14(2)24-19/h3-8,11,13-14H,9-10,12,21H2,1-2H3,(H,22,23). The van der Waals surface area contributed by atoms with Crippen molar-refractivity contribution in [2.24, 2.45) is 5.73 Å². The summed E-state index contributed by atoms with van der Waals surface area (Å²) in [7, 11) is 0. The predicted molar refractivity (Wildman–Crippen MR) is 95.8 cm³/mol. The van der Waals surface area contributed by atoms with E-state index in [2.05, 4.69) is 42.6 Å². The normalized spacial score (nSPS) is 17.0. The van der Waals surface area contributed by atoms with E-state index in [0.29, 0.717) is 13.0 Å². The first-order chi connectivity index (χ1) is 11.5. The molecular weight excluding hydrogens is 300 g/mol. The van der Waals surface area contributed by atoms with Crippen LogP contribution in [0.4, 0.5) is 0 Å². The highest BCUT2D eigenvalue weighted by molar-refractivity contribution is 5.76. The Morgan fingerprint density at radius 2 is 1.96 bits per heavy atom. The summed E-state index contributed by atoms with van der Waals surface area (Å²) in [6, 6.07) is 14.5. The molecule has 0 radical (unpaired) electrons. The van der Waals surface area contributed by atoms with Gasteiger partial charge < -0.3 is 15.8 Å². The fourth-order valence-corrected chi connectivity index (χ4v) is 2.98. The highest BCUT2D eigenvalue weighted by Gasteiger charge is 2.19. The summed E-state index contributed by atoms with van der Waals surface area (Å²) in [6.45, 7) is 4.45. The maximum atomic E-state index is 11.6. The van der Waals surface area contributed by atoms with Gasteiger partial charge in [0.1, 0.15) is 11.9 Å². The molecule has 0 spiro atoms. The highest BCUT2D eigenvalue weighted by atomic mass is 16.5. The Morgan fingerprint density at radius 1 is 1.25 bits per heavy atom. The van der Waals surface area contributed by atoms with E-state index in [-0.39, 0.29) is 18.1 Å². The van der Waals surface area contributed by atoms with Crippen LogP contribution >= 0.6 is 0 Å². The van der Waals surface area contributed by atoms with Crippen LogP contribution < -0.4 is 15.8 Å². The molecule has 2 aromatic rings. The molecule has 2 aromatic carbocycles. The summed E-state index contributed by atoms with van der Waals surface area (Å²) >= 11 is 0. The SMILES string of the molecule is CC(N)CC(=O)NCc1ccc(-c2ccc3c(c2)CC(C)O3)cc1. The molecule has 24 heavy (non-hydrogen) atoms. The van der Waals surface area contributed by atoms with E-state index in [1.165, 1.54) is 16.7 Å². The van der Waals surface area contributed by atoms with Gasteiger partial charge in [-0.2, -0.15) is 0 Å². The fourth-order valence-electron chi connectivity index (χ4n) is 2.98. The van der Waals surface area contributed by atoms with Crippen LogP contribution in [-0.2, 0) is 17.8 Å². The lowest BCUT2D eigenvalue weighted by Gasteiger charge is -2.09. The van der Waals surface area contributed by atoms with Gasteiger partial charge in [0, 0.05) is 25.4 Å². The van der Waals surface area contributed by atoms with Crippen LogP contribution in [0.3, 0.4) is 0 Å². The third kappa shape index (κ3) is 3.95. The second-order valence-electron chi connectivity index (χ2n) is 6.61. The van der Waals surface area contributed by atoms with Crippen LogP contribution in [0, 0.1) is 0 Å². The number of carbonyl (C=O) groups is 1. The maximum Gasteiger partial charge on any atom is 0.221 e. The van der Waals surface area contributed by atoms with Gasteiger partial charge in [0.25, 0.3) is 0 Å². The summed E-state index contributed by atoms with van der Waals surface area (Å²) in [4.78, 5) is 11.6. The first-order valence-corrected chi connectivity index (χ1v) is 8.42. The second kappa shape index (κ2) is 7.05. The summed E-state index contributed by atoms with van der Waals surface area (Å²) in [5, 5.41) is 2.89. The van der Waals surface area contributed by atoms with Crippen molar-refractivity contribution in [2.75, 3.05) is 0 Å². The number of amides is 1. The minimum atomic E-state index is -0.112. The zero-order chi connectivity index (χ0) is 17.1. The largest absolute Gasteiger partial charge is 0.490 e. The van der Waals surface area contributed by atoms with Gasteiger partial charge in [0.05, 0.1) is 0 Å². The smallest absolute Gasteiger partial charge is 0.221 e. The number of ether oxygens (including phenoxy) is 1. The van der Waals surface area contributed by atoms with Crippen LogP contribution in [0.25, 0.3) is 11.1 Å². The summed E-state index contributed by atoms with van der Waals surface area (Å²) in [6.07, 6.45) is 1.58. The van der Waals surface area contributed by atoms with E-state index in [9.17, 15) is 4.79 Å². The zero-order valence-corrected chi connectivity index (χ0v) is 14.2. The second-order valence-corrected chi connectivity index (χ2v) is 6.61. The molecule has 3 rings (SSSR count). The van der Waals surface area contributed by atoms with Crippen molar-refractivity contribution >= 4 is 5.91 Å². The van der Waals surface area contributed by atoms with Crippen LogP contribution in [0.2, 0.25) is 0 Å². The molecule has 2 atom stereocenters. The monoisotopic (exact) mass is 324 g/mol. The van der Waals surface area contributed by atoms with Crippen LogP contribution in [0.5, 0.6) is 5.75 Å². The first kappa shape index (κ1) is 16.5.